The number of carbonyl (C=O) groups excluding carboxylic acids is 1. The molecule has 4 unspecified atom stereocenters. The molecular formula is C17H26N2O16P3-3. The lowest BCUT2D eigenvalue weighted by Gasteiger charge is -2.35. The zero-order chi connectivity index (χ0) is 29.1. The van der Waals surface area contributed by atoms with E-state index in [9.17, 15) is 42.8 Å². The molecule has 1 aliphatic rings. The van der Waals surface area contributed by atoms with Crippen LogP contribution in [0.15, 0.2) is 21.9 Å². The summed E-state index contributed by atoms with van der Waals surface area (Å²) in [5.41, 5.74) is -1.70. The van der Waals surface area contributed by atoms with E-state index in [1.807, 2.05) is 4.98 Å². The van der Waals surface area contributed by atoms with E-state index < -0.39 is 84.0 Å². The Morgan fingerprint density at radius 3 is 2.16 bits per heavy atom. The van der Waals surface area contributed by atoms with Gasteiger partial charge in [-0.05, 0) is 27.7 Å². The predicted octanol–water partition coefficient (Wildman–Crippen LogP) is -0.961. The monoisotopic (exact) mass is 607 g/mol. The summed E-state index contributed by atoms with van der Waals surface area (Å²) in [6.45, 7) is 5.67. The highest BCUT2D eigenvalue weighted by Gasteiger charge is 2.50. The van der Waals surface area contributed by atoms with Crippen LogP contribution in [0.1, 0.15) is 40.8 Å². The summed E-state index contributed by atoms with van der Waals surface area (Å²) in [6, 6.07) is 0.973. The molecule has 2 rings (SSSR count). The highest BCUT2D eigenvalue weighted by molar-refractivity contribution is 7.65. The Morgan fingerprint density at radius 2 is 1.63 bits per heavy atom. The van der Waals surface area contributed by atoms with Crippen LogP contribution < -0.4 is 25.9 Å². The Hall–Kier alpha value is -1.52. The van der Waals surface area contributed by atoms with Crippen LogP contribution in [-0.2, 0) is 50.4 Å². The van der Waals surface area contributed by atoms with Crippen LogP contribution in [0.4, 0.5) is 0 Å². The second-order valence-electron chi connectivity index (χ2n) is 8.26. The molecule has 0 spiro atoms. The molecule has 1 saturated heterocycles. The lowest BCUT2D eigenvalue weighted by atomic mass is 10.1. The Morgan fingerprint density at radius 1 is 1.03 bits per heavy atom. The number of rotatable bonds is 13. The van der Waals surface area contributed by atoms with E-state index in [-0.39, 0.29) is 0 Å². The quantitative estimate of drug-likeness (QED) is 0.209. The number of carbonyl (C=O) groups is 1. The molecule has 18 nitrogen and oxygen atoms in total. The molecule has 1 N–H and O–H groups in total. The number of phosphoric ester groups is 2. The Balaban J connectivity index is 2.27. The first-order valence-electron chi connectivity index (χ1n) is 10.8. The van der Waals surface area contributed by atoms with Crippen molar-refractivity contribution < 1.29 is 65.0 Å². The number of hydrogen-bond acceptors (Lipinski definition) is 16. The van der Waals surface area contributed by atoms with Crippen LogP contribution in [0.25, 0.3) is 0 Å². The van der Waals surface area contributed by atoms with Crippen molar-refractivity contribution in [3.63, 3.8) is 0 Å². The minimum absolute atomic E-state index is 0.562. The molecule has 1 aliphatic heterocycles. The van der Waals surface area contributed by atoms with Crippen LogP contribution in [0.2, 0.25) is 0 Å². The molecule has 0 amide bonds. The smallest absolute Gasteiger partial charge is 0.330 e. The standard InChI is InChI=1S/C17H29N2O16P3/c1-9(2)30-14-12(8-29-36(23,24)34-38(27,28)35-37(25,26)33-10(3)4)32-16(15(14)31-11(5)20)19-7-6-13(21)18-17(19)22/h6-7,9-10,12,14-16H,8H2,1-5H3,(H,23,24)(H,25,26)(H,27,28)(H,18,21,22)/p-3/t12-,14?,15+,16-/m1/s1. The first kappa shape index (κ1) is 32.7. The van der Waals surface area contributed by atoms with Crippen LogP contribution in [0.3, 0.4) is 0 Å². The number of nitrogens with one attached hydrogen (secondary N) is 1. The summed E-state index contributed by atoms with van der Waals surface area (Å²) >= 11 is 0. The number of esters is 1. The van der Waals surface area contributed by atoms with Crippen LogP contribution in [-0.4, -0.2) is 52.6 Å². The third-order valence-corrected chi connectivity index (χ3v) is 8.62. The van der Waals surface area contributed by atoms with Crippen molar-refractivity contribution in [2.45, 2.75) is 71.4 Å². The van der Waals surface area contributed by atoms with Gasteiger partial charge in [-0.3, -0.25) is 32.8 Å². The molecular weight excluding hydrogens is 581 g/mol. The summed E-state index contributed by atoms with van der Waals surface area (Å²) in [5, 5.41) is 0. The summed E-state index contributed by atoms with van der Waals surface area (Å²) in [5.74, 6) is -0.826. The van der Waals surface area contributed by atoms with Crippen molar-refractivity contribution in [3.8, 4) is 0 Å². The molecule has 1 aromatic heterocycles. The van der Waals surface area contributed by atoms with Crippen molar-refractivity contribution >= 4 is 29.4 Å². The van der Waals surface area contributed by atoms with Crippen molar-refractivity contribution in [1.82, 2.24) is 9.55 Å². The summed E-state index contributed by atoms with van der Waals surface area (Å²) in [6.07, 6.45) is -6.08. The zero-order valence-corrected chi connectivity index (χ0v) is 23.3. The maximum Gasteiger partial charge on any atom is 0.330 e. The number of aromatic nitrogens is 2. The Bertz CT molecular complexity index is 1240. The molecule has 2 heterocycles. The van der Waals surface area contributed by atoms with Gasteiger partial charge in [0.25, 0.3) is 29.0 Å². The van der Waals surface area contributed by atoms with E-state index in [0.717, 1.165) is 23.8 Å². The largest absolute Gasteiger partial charge is 0.756 e. The van der Waals surface area contributed by atoms with Crippen molar-refractivity contribution in [3.05, 3.63) is 33.1 Å². The van der Waals surface area contributed by atoms with E-state index >= 15 is 0 Å². The topological polar surface area (TPSA) is 257 Å². The fourth-order valence-electron chi connectivity index (χ4n) is 3.22. The van der Waals surface area contributed by atoms with E-state index in [2.05, 4.69) is 17.7 Å². The van der Waals surface area contributed by atoms with Gasteiger partial charge in [0.15, 0.2) is 12.3 Å². The van der Waals surface area contributed by atoms with Gasteiger partial charge in [-0.15, -0.1) is 0 Å². The second kappa shape index (κ2) is 12.8. The normalized spacial score (nSPS) is 26.6. The Kier molecular flexibility index (Phi) is 11.0. The average molecular weight is 607 g/mol. The summed E-state index contributed by atoms with van der Waals surface area (Å²) in [4.78, 5) is 73.0. The molecule has 0 aliphatic carbocycles. The van der Waals surface area contributed by atoms with Gasteiger partial charge in [0.05, 0.1) is 18.8 Å². The number of ether oxygens (including phenoxy) is 3. The van der Waals surface area contributed by atoms with Crippen molar-refractivity contribution in [2.24, 2.45) is 0 Å². The molecule has 7 atom stereocenters. The minimum Gasteiger partial charge on any atom is -0.756 e. The van der Waals surface area contributed by atoms with Gasteiger partial charge < -0.3 is 37.9 Å². The molecule has 0 bridgehead atoms. The number of hydrogen-bond donors (Lipinski definition) is 1. The van der Waals surface area contributed by atoms with Gasteiger partial charge in [-0.1, -0.05) is 0 Å². The zero-order valence-electron chi connectivity index (χ0n) is 20.6. The predicted molar refractivity (Wildman–Crippen MR) is 118 cm³/mol. The van der Waals surface area contributed by atoms with E-state index in [0.29, 0.717) is 0 Å². The third-order valence-electron chi connectivity index (χ3n) is 4.28. The average Bonchev–Trinajstić information content (AvgIpc) is 2.99. The van der Waals surface area contributed by atoms with Crippen molar-refractivity contribution in [2.75, 3.05) is 6.61 Å². The minimum atomic E-state index is -6.06. The van der Waals surface area contributed by atoms with Gasteiger partial charge in [-0.25, -0.2) is 13.4 Å². The number of nitrogens with zero attached hydrogens (tertiary/aromatic N) is 1. The highest BCUT2D eigenvalue weighted by atomic mass is 31.3. The van der Waals surface area contributed by atoms with Crippen LogP contribution >= 0.6 is 23.5 Å². The van der Waals surface area contributed by atoms with Crippen LogP contribution in [0.5, 0.6) is 0 Å². The van der Waals surface area contributed by atoms with E-state index in [4.69, 9.17) is 14.2 Å². The fraction of sp³-hybridized carbons (Fsp3) is 0.706. The van der Waals surface area contributed by atoms with E-state index in [1.54, 1.807) is 13.8 Å². The lowest BCUT2D eigenvalue weighted by Crippen LogP contribution is -2.42. The molecule has 1 aromatic rings. The third kappa shape index (κ3) is 9.90. The maximum absolute atomic E-state index is 12.3. The number of aromatic amines is 1. The number of H-pyrrole nitrogens is 1. The van der Waals surface area contributed by atoms with Crippen LogP contribution in [0, 0.1) is 0 Å². The number of phosphoric acid groups is 3. The fourth-order valence-corrected chi connectivity index (χ4v) is 6.75. The van der Waals surface area contributed by atoms with Gasteiger partial charge in [-0.2, -0.15) is 0 Å². The SMILES string of the molecule is CC(=O)O[C@H]1C(OC(C)C)[C@@H](COP(=O)([O-])OP(=O)([O-])OP(=O)([O-])OC(C)C)O[C@H]1n1ccc(=O)[nH]c1=O. The molecule has 0 saturated carbocycles. The molecule has 218 valence electrons. The van der Waals surface area contributed by atoms with E-state index in [1.165, 1.54) is 13.8 Å². The van der Waals surface area contributed by atoms with Gasteiger partial charge >= 0.3 is 11.7 Å². The van der Waals surface area contributed by atoms with Gasteiger partial charge in [0.1, 0.15) is 12.2 Å². The summed E-state index contributed by atoms with van der Waals surface area (Å²) in [7, 11) is -17.4. The highest BCUT2D eigenvalue weighted by Crippen LogP contribution is 2.63. The maximum atomic E-state index is 12.3. The first-order chi connectivity index (χ1) is 17.3. The van der Waals surface area contributed by atoms with Gasteiger partial charge in [0, 0.05) is 19.2 Å². The van der Waals surface area contributed by atoms with Gasteiger partial charge in [0.2, 0.25) is 0 Å². The second-order valence-corrected chi connectivity index (χ2v) is 12.7. The Labute approximate surface area is 215 Å². The molecule has 38 heavy (non-hydrogen) atoms. The molecule has 1 fully saturated rings. The summed E-state index contributed by atoms with van der Waals surface area (Å²) < 4.78 is 69.3. The molecule has 0 aromatic carbocycles. The first-order valence-corrected chi connectivity index (χ1v) is 15.2. The lowest BCUT2D eigenvalue weighted by molar-refractivity contribution is -0.252. The molecule has 0 radical (unpaired) electrons. The molecule has 21 heteroatoms. The van der Waals surface area contributed by atoms with Crippen molar-refractivity contribution in [1.29, 1.82) is 0 Å².